The number of aryl methyl sites for hydroxylation is 1. The van der Waals surface area contributed by atoms with Crippen molar-refractivity contribution in [1.82, 2.24) is 9.97 Å². The molecule has 0 unspecified atom stereocenters. The zero-order valence-corrected chi connectivity index (χ0v) is 12.5. The molecule has 5 nitrogen and oxygen atoms in total. The monoisotopic (exact) mass is 292 g/mol. The molecule has 1 aromatic carbocycles. The van der Waals surface area contributed by atoms with Crippen molar-refractivity contribution in [1.29, 1.82) is 0 Å². The Kier molecular flexibility index (Phi) is 4.63. The van der Waals surface area contributed by atoms with Gasteiger partial charge in [0.15, 0.2) is 11.0 Å². The van der Waals surface area contributed by atoms with Crippen molar-refractivity contribution in [2.24, 2.45) is 0 Å². The van der Waals surface area contributed by atoms with Gasteiger partial charge in [-0.1, -0.05) is 23.7 Å². The maximum atomic E-state index is 6.01. The van der Waals surface area contributed by atoms with Gasteiger partial charge >= 0.3 is 0 Å². The topological polar surface area (TPSA) is 59.1 Å². The predicted octanol–water partition coefficient (Wildman–Crippen LogP) is 3.10. The molecule has 0 aliphatic heterocycles. The summed E-state index contributed by atoms with van der Waals surface area (Å²) in [5.41, 5.74) is 2.89. The van der Waals surface area contributed by atoms with Gasteiger partial charge in [-0.25, -0.2) is 9.97 Å². The molecule has 2 aromatic rings. The summed E-state index contributed by atoms with van der Waals surface area (Å²) in [5, 5.41) is 6.61. The number of ether oxygens (including phenoxy) is 1. The number of benzene rings is 1. The van der Waals surface area contributed by atoms with Gasteiger partial charge in [0.05, 0.1) is 7.11 Å². The summed E-state index contributed by atoms with van der Waals surface area (Å²) in [4.78, 5) is 8.13. The maximum absolute atomic E-state index is 6.01. The lowest BCUT2D eigenvalue weighted by atomic mass is 10.1. The summed E-state index contributed by atoms with van der Waals surface area (Å²) in [6.45, 7) is 2.62. The molecule has 0 saturated heterocycles. The molecule has 0 atom stereocenters. The summed E-state index contributed by atoms with van der Waals surface area (Å²) >= 11 is 6.01. The Balaban J connectivity index is 2.19. The number of anilines is 2. The number of methoxy groups -OCH3 is 1. The maximum Gasteiger partial charge on any atom is 0.157 e. The molecule has 2 rings (SSSR count). The second kappa shape index (κ2) is 6.43. The third kappa shape index (κ3) is 3.11. The number of nitrogens with zero attached hydrogens (tertiary/aromatic N) is 2. The van der Waals surface area contributed by atoms with E-state index in [0.29, 0.717) is 23.2 Å². The molecule has 2 N–H and O–H groups in total. The van der Waals surface area contributed by atoms with Gasteiger partial charge in [0.25, 0.3) is 0 Å². The van der Waals surface area contributed by atoms with Crippen LogP contribution in [-0.2, 0) is 6.54 Å². The van der Waals surface area contributed by atoms with E-state index < -0.39 is 0 Å². The van der Waals surface area contributed by atoms with E-state index in [1.165, 1.54) is 6.33 Å². The number of halogens is 1. The third-order valence-electron chi connectivity index (χ3n) is 2.94. The van der Waals surface area contributed by atoms with Gasteiger partial charge in [0.2, 0.25) is 0 Å². The van der Waals surface area contributed by atoms with Crippen LogP contribution in [0.2, 0.25) is 5.15 Å². The highest BCUT2D eigenvalue weighted by Crippen LogP contribution is 2.27. The van der Waals surface area contributed by atoms with Crippen LogP contribution in [0.15, 0.2) is 24.5 Å². The molecule has 1 aromatic heterocycles. The summed E-state index contributed by atoms with van der Waals surface area (Å²) < 4.78 is 5.38. The molecule has 106 valence electrons. The molecule has 0 amide bonds. The highest BCUT2D eigenvalue weighted by molar-refractivity contribution is 6.32. The van der Waals surface area contributed by atoms with Crippen molar-refractivity contribution in [3.63, 3.8) is 0 Å². The second-order valence-electron chi connectivity index (χ2n) is 4.31. The standard InChI is InChI=1S/C14H17ClN4O/c1-9-4-5-10(11(6-9)20-3)7-17-14-12(16-2)13(15)18-8-19-14/h4-6,8,16H,7H2,1-3H3,(H,17,18,19). The van der Waals surface area contributed by atoms with Gasteiger partial charge < -0.3 is 15.4 Å². The van der Waals surface area contributed by atoms with Gasteiger partial charge in [-0.05, 0) is 18.6 Å². The van der Waals surface area contributed by atoms with Crippen LogP contribution in [0.5, 0.6) is 5.75 Å². The minimum Gasteiger partial charge on any atom is -0.496 e. The quantitative estimate of drug-likeness (QED) is 0.829. The van der Waals surface area contributed by atoms with Gasteiger partial charge in [0, 0.05) is 19.2 Å². The minimum absolute atomic E-state index is 0.390. The van der Waals surface area contributed by atoms with Crippen LogP contribution in [-0.4, -0.2) is 24.1 Å². The first-order valence-electron chi connectivity index (χ1n) is 6.21. The molecule has 20 heavy (non-hydrogen) atoms. The van der Waals surface area contributed by atoms with Gasteiger partial charge in [-0.2, -0.15) is 0 Å². The Hall–Kier alpha value is -2.01. The molecule has 0 bridgehead atoms. The van der Waals surface area contributed by atoms with Crippen molar-refractivity contribution < 1.29 is 4.74 Å². The number of aromatic nitrogens is 2. The van der Waals surface area contributed by atoms with Crippen molar-refractivity contribution in [3.8, 4) is 5.75 Å². The fourth-order valence-corrected chi connectivity index (χ4v) is 2.12. The molecular formula is C14H17ClN4O. The Morgan fingerprint density at radius 2 is 2.10 bits per heavy atom. The molecule has 0 saturated carbocycles. The van der Waals surface area contributed by atoms with Gasteiger partial charge in [0.1, 0.15) is 17.8 Å². The number of rotatable bonds is 5. The normalized spacial score (nSPS) is 10.2. The Labute approximate surface area is 123 Å². The third-order valence-corrected chi connectivity index (χ3v) is 3.23. The summed E-state index contributed by atoms with van der Waals surface area (Å²) in [5.74, 6) is 1.51. The van der Waals surface area contributed by atoms with Crippen LogP contribution in [0.1, 0.15) is 11.1 Å². The summed E-state index contributed by atoms with van der Waals surface area (Å²) in [7, 11) is 3.45. The largest absolute Gasteiger partial charge is 0.496 e. The first kappa shape index (κ1) is 14.4. The van der Waals surface area contributed by atoms with E-state index in [1.807, 2.05) is 25.1 Å². The fourth-order valence-electron chi connectivity index (χ4n) is 1.90. The molecule has 0 fully saturated rings. The highest BCUT2D eigenvalue weighted by Gasteiger charge is 2.09. The number of hydrogen-bond acceptors (Lipinski definition) is 5. The lowest BCUT2D eigenvalue weighted by molar-refractivity contribution is 0.410. The average molecular weight is 293 g/mol. The molecular weight excluding hydrogens is 276 g/mol. The Morgan fingerprint density at radius 1 is 1.30 bits per heavy atom. The summed E-state index contributed by atoms with van der Waals surface area (Å²) in [6.07, 6.45) is 1.43. The average Bonchev–Trinajstić information content (AvgIpc) is 2.45. The lowest BCUT2D eigenvalue weighted by Crippen LogP contribution is -2.07. The molecule has 0 radical (unpaired) electrons. The van der Waals surface area contributed by atoms with E-state index in [1.54, 1.807) is 14.2 Å². The van der Waals surface area contributed by atoms with Crippen LogP contribution in [0.25, 0.3) is 0 Å². The van der Waals surface area contributed by atoms with E-state index in [4.69, 9.17) is 16.3 Å². The van der Waals surface area contributed by atoms with Gasteiger partial charge in [-0.3, -0.25) is 0 Å². The first-order chi connectivity index (χ1) is 9.65. The van der Waals surface area contributed by atoms with Gasteiger partial charge in [-0.15, -0.1) is 0 Å². The van der Waals surface area contributed by atoms with Crippen LogP contribution in [0.4, 0.5) is 11.5 Å². The van der Waals surface area contributed by atoms with Crippen molar-refractivity contribution in [2.75, 3.05) is 24.8 Å². The predicted molar refractivity (Wildman–Crippen MR) is 81.6 cm³/mol. The summed E-state index contributed by atoms with van der Waals surface area (Å²) in [6, 6.07) is 6.08. The Bertz CT molecular complexity index is 604. The fraction of sp³-hybridized carbons (Fsp3) is 0.286. The smallest absolute Gasteiger partial charge is 0.157 e. The molecule has 0 spiro atoms. The first-order valence-corrected chi connectivity index (χ1v) is 6.59. The van der Waals surface area contributed by atoms with Crippen molar-refractivity contribution in [3.05, 3.63) is 40.8 Å². The van der Waals surface area contributed by atoms with E-state index in [9.17, 15) is 0 Å². The van der Waals surface area contributed by atoms with Crippen LogP contribution < -0.4 is 15.4 Å². The molecule has 1 heterocycles. The molecule has 0 aliphatic carbocycles. The zero-order valence-electron chi connectivity index (χ0n) is 11.7. The van der Waals surface area contributed by atoms with Crippen LogP contribution in [0, 0.1) is 6.92 Å². The minimum atomic E-state index is 0.390. The molecule has 0 aliphatic rings. The SMILES string of the molecule is CNc1c(Cl)ncnc1NCc1ccc(C)cc1OC. The van der Waals surface area contributed by atoms with E-state index in [0.717, 1.165) is 16.9 Å². The van der Waals surface area contributed by atoms with E-state index in [-0.39, 0.29) is 0 Å². The second-order valence-corrected chi connectivity index (χ2v) is 4.66. The van der Waals surface area contributed by atoms with Crippen molar-refractivity contribution in [2.45, 2.75) is 13.5 Å². The molecule has 6 heteroatoms. The number of nitrogens with one attached hydrogen (secondary N) is 2. The van der Waals surface area contributed by atoms with Crippen molar-refractivity contribution >= 4 is 23.1 Å². The Morgan fingerprint density at radius 3 is 2.80 bits per heavy atom. The number of hydrogen-bond donors (Lipinski definition) is 2. The van der Waals surface area contributed by atoms with E-state index in [2.05, 4.69) is 20.6 Å². The lowest BCUT2D eigenvalue weighted by Gasteiger charge is -2.13. The zero-order chi connectivity index (χ0) is 14.5. The van der Waals surface area contributed by atoms with E-state index >= 15 is 0 Å². The van der Waals surface area contributed by atoms with Crippen LogP contribution in [0.3, 0.4) is 0 Å². The van der Waals surface area contributed by atoms with Crippen LogP contribution >= 0.6 is 11.6 Å². The highest BCUT2D eigenvalue weighted by atomic mass is 35.5.